The molecule has 0 saturated carbocycles. The van der Waals surface area contributed by atoms with Crippen LogP contribution in [-0.2, 0) is 0 Å². The summed E-state index contributed by atoms with van der Waals surface area (Å²) in [5, 5.41) is 21.3. The van der Waals surface area contributed by atoms with Crippen molar-refractivity contribution in [1.82, 2.24) is 5.32 Å². The summed E-state index contributed by atoms with van der Waals surface area (Å²) in [7, 11) is 0. The van der Waals surface area contributed by atoms with Gasteiger partial charge in [0.1, 0.15) is 0 Å². The van der Waals surface area contributed by atoms with Gasteiger partial charge in [0.15, 0.2) is 0 Å². The summed E-state index contributed by atoms with van der Waals surface area (Å²) in [6, 6.07) is 16.7. The van der Waals surface area contributed by atoms with Crippen LogP contribution in [0.2, 0.25) is 0 Å². The number of nitrogens with zero attached hydrogens (tertiary/aromatic N) is 1. The Balaban J connectivity index is 2.29. The summed E-state index contributed by atoms with van der Waals surface area (Å²) in [4.78, 5) is 12.6. The highest BCUT2D eigenvalue weighted by atomic mass is 16.3. The molecule has 4 heteroatoms. The van der Waals surface area contributed by atoms with Gasteiger partial charge in [-0.15, -0.1) is 0 Å². The average molecular weight is 322 g/mol. The molecule has 0 fully saturated rings. The standard InChI is InChI=1S/C20H22N2O2/c1-20(2,11-12-23)14-22-19(24)18-10-6-5-9-17(18)16-8-4-3-7-15(16)13-21/h3-10,23H,11-12,14H2,1-2H3,(H,22,24). The minimum Gasteiger partial charge on any atom is -0.396 e. The van der Waals surface area contributed by atoms with E-state index in [2.05, 4.69) is 11.4 Å². The Kier molecular flexibility index (Phi) is 5.73. The SMILES string of the molecule is CC(C)(CCO)CNC(=O)c1ccccc1-c1ccccc1C#N. The number of rotatable bonds is 6. The maximum absolute atomic E-state index is 12.6. The van der Waals surface area contributed by atoms with Crippen LogP contribution in [0.3, 0.4) is 0 Å². The van der Waals surface area contributed by atoms with Gasteiger partial charge >= 0.3 is 0 Å². The first-order chi connectivity index (χ1) is 11.5. The van der Waals surface area contributed by atoms with Crippen molar-refractivity contribution in [3.05, 3.63) is 59.7 Å². The van der Waals surface area contributed by atoms with E-state index >= 15 is 0 Å². The molecule has 0 atom stereocenters. The Morgan fingerprint density at radius 2 is 1.75 bits per heavy atom. The number of nitrogens with one attached hydrogen (secondary N) is 1. The molecular weight excluding hydrogens is 300 g/mol. The van der Waals surface area contributed by atoms with Crippen molar-refractivity contribution < 1.29 is 9.90 Å². The second-order valence-corrected chi connectivity index (χ2v) is 6.52. The number of aliphatic hydroxyl groups is 1. The number of hydrogen-bond donors (Lipinski definition) is 2. The molecule has 0 aliphatic rings. The van der Waals surface area contributed by atoms with Gasteiger partial charge in [-0.25, -0.2) is 0 Å². The third-order valence-electron chi connectivity index (χ3n) is 4.03. The predicted octanol–water partition coefficient (Wildman–Crippen LogP) is 3.36. The van der Waals surface area contributed by atoms with E-state index in [0.717, 1.165) is 11.1 Å². The number of aliphatic hydroxyl groups excluding tert-OH is 1. The molecule has 2 rings (SSSR count). The van der Waals surface area contributed by atoms with E-state index in [-0.39, 0.29) is 17.9 Å². The van der Waals surface area contributed by atoms with Crippen molar-refractivity contribution in [3.8, 4) is 17.2 Å². The zero-order valence-corrected chi connectivity index (χ0v) is 14.0. The fourth-order valence-corrected chi connectivity index (χ4v) is 2.54. The molecule has 2 aromatic rings. The van der Waals surface area contributed by atoms with E-state index < -0.39 is 0 Å². The van der Waals surface area contributed by atoms with Gasteiger partial charge in [0, 0.05) is 24.3 Å². The smallest absolute Gasteiger partial charge is 0.251 e. The van der Waals surface area contributed by atoms with E-state index in [4.69, 9.17) is 5.11 Å². The quantitative estimate of drug-likeness (QED) is 0.856. The van der Waals surface area contributed by atoms with Gasteiger partial charge < -0.3 is 10.4 Å². The normalized spacial score (nSPS) is 10.9. The topological polar surface area (TPSA) is 73.1 Å². The molecule has 0 bridgehead atoms. The van der Waals surface area contributed by atoms with Crippen LogP contribution >= 0.6 is 0 Å². The third-order valence-corrected chi connectivity index (χ3v) is 4.03. The maximum Gasteiger partial charge on any atom is 0.251 e. The number of benzene rings is 2. The van der Waals surface area contributed by atoms with Crippen LogP contribution in [0.4, 0.5) is 0 Å². The Morgan fingerprint density at radius 3 is 2.42 bits per heavy atom. The minimum atomic E-state index is -0.177. The summed E-state index contributed by atoms with van der Waals surface area (Å²) in [6.07, 6.45) is 0.617. The Morgan fingerprint density at radius 1 is 1.12 bits per heavy atom. The van der Waals surface area contributed by atoms with Gasteiger partial charge in [-0.2, -0.15) is 5.26 Å². The van der Waals surface area contributed by atoms with Gasteiger partial charge in [0.05, 0.1) is 11.6 Å². The number of amides is 1. The molecule has 2 N–H and O–H groups in total. The van der Waals surface area contributed by atoms with E-state index in [9.17, 15) is 10.1 Å². The second-order valence-electron chi connectivity index (χ2n) is 6.52. The van der Waals surface area contributed by atoms with Crippen molar-refractivity contribution in [2.45, 2.75) is 20.3 Å². The number of nitriles is 1. The van der Waals surface area contributed by atoms with Crippen molar-refractivity contribution in [3.63, 3.8) is 0 Å². The van der Waals surface area contributed by atoms with Gasteiger partial charge in [-0.3, -0.25) is 4.79 Å². The van der Waals surface area contributed by atoms with Gasteiger partial charge in [-0.1, -0.05) is 50.2 Å². The molecule has 24 heavy (non-hydrogen) atoms. The summed E-state index contributed by atoms with van der Waals surface area (Å²) in [5.74, 6) is -0.177. The fraction of sp³-hybridized carbons (Fsp3) is 0.300. The summed E-state index contributed by atoms with van der Waals surface area (Å²) in [6.45, 7) is 4.57. The van der Waals surface area contributed by atoms with E-state index in [0.29, 0.717) is 24.1 Å². The van der Waals surface area contributed by atoms with Crippen LogP contribution in [-0.4, -0.2) is 24.2 Å². The number of carbonyl (C=O) groups excluding carboxylic acids is 1. The van der Waals surface area contributed by atoms with Crippen LogP contribution < -0.4 is 5.32 Å². The largest absolute Gasteiger partial charge is 0.396 e. The van der Waals surface area contributed by atoms with Crippen LogP contribution in [0.15, 0.2) is 48.5 Å². The molecule has 0 aliphatic heterocycles. The van der Waals surface area contributed by atoms with Gasteiger partial charge in [0.2, 0.25) is 0 Å². The molecule has 0 radical (unpaired) electrons. The summed E-state index contributed by atoms with van der Waals surface area (Å²) in [5.41, 5.74) is 2.40. The van der Waals surface area contributed by atoms with E-state index in [1.165, 1.54) is 0 Å². The third kappa shape index (κ3) is 4.21. The number of carbonyl (C=O) groups is 1. The lowest BCUT2D eigenvalue weighted by Crippen LogP contribution is -2.34. The molecule has 0 heterocycles. The maximum atomic E-state index is 12.6. The predicted molar refractivity (Wildman–Crippen MR) is 94.4 cm³/mol. The number of hydrogen-bond acceptors (Lipinski definition) is 3. The second kappa shape index (κ2) is 7.76. The van der Waals surface area contributed by atoms with Crippen molar-refractivity contribution >= 4 is 5.91 Å². The van der Waals surface area contributed by atoms with Crippen molar-refractivity contribution in [2.24, 2.45) is 5.41 Å². The van der Waals surface area contributed by atoms with E-state index in [1.807, 2.05) is 50.2 Å². The highest BCUT2D eigenvalue weighted by molar-refractivity contribution is 6.01. The van der Waals surface area contributed by atoms with Crippen LogP contribution in [0, 0.1) is 16.7 Å². The fourth-order valence-electron chi connectivity index (χ4n) is 2.54. The molecule has 2 aromatic carbocycles. The average Bonchev–Trinajstić information content (AvgIpc) is 2.59. The van der Waals surface area contributed by atoms with Gasteiger partial charge in [0.25, 0.3) is 5.91 Å². The molecule has 0 spiro atoms. The lowest BCUT2D eigenvalue weighted by Gasteiger charge is -2.24. The Bertz CT molecular complexity index is 760. The Labute approximate surface area is 142 Å². The molecule has 124 valence electrons. The van der Waals surface area contributed by atoms with Gasteiger partial charge in [-0.05, 0) is 29.5 Å². The molecule has 0 aromatic heterocycles. The first kappa shape index (κ1) is 17.7. The van der Waals surface area contributed by atoms with Crippen LogP contribution in [0.1, 0.15) is 36.2 Å². The highest BCUT2D eigenvalue weighted by Crippen LogP contribution is 2.27. The van der Waals surface area contributed by atoms with E-state index in [1.54, 1.807) is 12.1 Å². The van der Waals surface area contributed by atoms with Crippen LogP contribution in [0.25, 0.3) is 11.1 Å². The molecule has 0 saturated heterocycles. The van der Waals surface area contributed by atoms with Crippen LogP contribution in [0.5, 0.6) is 0 Å². The summed E-state index contributed by atoms with van der Waals surface area (Å²) >= 11 is 0. The Hall–Kier alpha value is -2.64. The molecule has 0 aliphatic carbocycles. The zero-order chi connectivity index (χ0) is 17.6. The van der Waals surface area contributed by atoms with Crippen molar-refractivity contribution in [1.29, 1.82) is 5.26 Å². The first-order valence-electron chi connectivity index (χ1n) is 7.96. The monoisotopic (exact) mass is 322 g/mol. The van der Waals surface area contributed by atoms with Crippen molar-refractivity contribution in [2.75, 3.05) is 13.2 Å². The lowest BCUT2D eigenvalue weighted by molar-refractivity contribution is 0.0929. The molecular formula is C20H22N2O2. The zero-order valence-electron chi connectivity index (χ0n) is 14.0. The summed E-state index contributed by atoms with van der Waals surface area (Å²) < 4.78 is 0. The minimum absolute atomic E-state index is 0.0923. The molecule has 0 unspecified atom stereocenters. The lowest BCUT2D eigenvalue weighted by atomic mass is 9.89. The highest BCUT2D eigenvalue weighted by Gasteiger charge is 2.20. The molecule has 4 nitrogen and oxygen atoms in total. The molecule has 1 amide bonds. The first-order valence-corrected chi connectivity index (χ1v) is 7.96.